The first-order valence-electron chi connectivity index (χ1n) is 6.70. The van der Waals surface area contributed by atoms with Crippen LogP contribution in [0.3, 0.4) is 0 Å². The summed E-state index contributed by atoms with van der Waals surface area (Å²) in [7, 11) is -0.156. The van der Waals surface area contributed by atoms with Crippen molar-refractivity contribution in [2.24, 2.45) is 4.99 Å². The summed E-state index contributed by atoms with van der Waals surface area (Å²) >= 11 is 0. The Kier molecular flexibility index (Phi) is 5.74. The van der Waals surface area contributed by atoms with E-state index in [-0.39, 0.29) is 4.90 Å². The Bertz CT molecular complexity index is 604. The molecule has 1 aromatic rings. The van der Waals surface area contributed by atoms with Crippen molar-refractivity contribution >= 4 is 16.0 Å². The van der Waals surface area contributed by atoms with Crippen molar-refractivity contribution in [3.05, 3.63) is 29.8 Å². The number of hydrogen-bond donors (Lipinski definition) is 3. The maximum atomic E-state index is 12.5. The zero-order valence-electron chi connectivity index (χ0n) is 13.2. The van der Waals surface area contributed by atoms with Crippen LogP contribution in [0.1, 0.15) is 26.3 Å². The summed E-state index contributed by atoms with van der Waals surface area (Å²) in [5.41, 5.74) is 0.158. The lowest BCUT2D eigenvalue weighted by molar-refractivity contribution is 0.491. The van der Waals surface area contributed by atoms with Crippen molar-refractivity contribution in [3.63, 3.8) is 0 Å². The van der Waals surface area contributed by atoms with Gasteiger partial charge in [-0.25, -0.2) is 13.1 Å². The minimum absolute atomic E-state index is 0.277. The van der Waals surface area contributed by atoms with Crippen molar-refractivity contribution in [1.29, 1.82) is 0 Å². The van der Waals surface area contributed by atoms with E-state index in [9.17, 15) is 8.42 Å². The number of guanidine groups is 1. The lowest BCUT2D eigenvalue weighted by Crippen LogP contribution is -2.41. The molecule has 0 radical (unpaired) electrons. The predicted molar refractivity (Wildman–Crippen MR) is 85.8 cm³/mol. The lowest BCUT2D eigenvalue weighted by atomic mass is 10.1. The van der Waals surface area contributed by atoms with Crippen molar-refractivity contribution in [2.75, 3.05) is 14.1 Å². The predicted octanol–water partition coefficient (Wildman–Crippen LogP) is 1.06. The summed E-state index contributed by atoms with van der Waals surface area (Å²) in [6.45, 7) is 5.81. The summed E-state index contributed by atoms with van der Waals surface area (Å²) in [5.74, 6) is 0.603. The minimum atomic E-state index is -3.56. The molecule has 0 amide bonds. The molecule has 0 aliphatic rings. The van der Waals surface area contributed by atoms with E-state index in [1.54, 1.807) is 32.3 Å². The molecule has 0 saturated heterocycles. The highest BCUT2D eigenvalue weighted by Crippen LogP contribution is 2.17. The quantitative estimate of drug-likeness (QED) is 0.573. The fourth-order valence-electron chi connectivity index (χ4n) is 1.83. The van der Waals surface area contributed by atoms with Crippen molar-refractivity contribution in [3.8, 4) is 0 Å². The number of sulfonamides is 1. The first kappa shape index (κ1) is 17.5. The Morgan fingerprint density at radius 3 is 2.38 bits per heavy atom. The molecule has 21 heavy (non-hydrogen) atoms. The van der Waals surface area contributed by atoms with Gasteiger partial charge in [0.1, 0.15) is 0 Å². The zero-order valence-corrected chi connectivity index (χ0v) is 14.0. The van der Waals surface area contributed by atoms with Gasteiger partial charge >= 0.3 is 0 Å². The smallest absolute Gasteiger partial charge is 0.241 e. The lowest BCUT2D eigenvalue weighted by Gasteiger charge is -2.21. The SMILES string of the molecule is CN=C(NC)NCc1ccccc1S(=O)(=O)NC(C)(C)C. The van der Waals surface area contributed by atoms with Crippen LogP contribution in [0.15, 0.2) is 34.2 Å². The van der Waals surface area contributed by atoms with Crippen LogP contribution in [-0.2, 0) is 16.6 Å². The van der Waals surface area contributed by atoms with Gasteiger partial charge in [0.2, 0.25) is 10.0 Å². The molecule has 0 heterocycles. The monoisotopic (exact) mass is 312 g/mol. The molecular weight excluding hydrogens is 288 g/mol. The Balaban J connectivity index is 3.04. The standard InChI is InChI=1S/C14H24N4O2S/c1-14(2,3)18-21(19,20)12-9-7-6-8-11(12)10-17-13(15-4)16-5/h6-9,18H,10H2,1-5H3,(H2,15,16,17). The van der Waals surface area contributed by atoms with Crippen LogP contribution in [-0.4, -0.2) is 34.0 Å². The average molecular weight is 312 g/mol. The van der Waals surface area contributed by atoms with Crippen LogP contribution in [0.5, 0.6) is 0 Å². The molecule has 1 rings (SSSR count). The molecule has 3 N–H and O–H groups in total. The van der Waals surface area contributed by atoms with Gasteiger partial charge in [-0.3, -0.25) is 4.99 Å². The number of nitrogens with zero attached hydrogens (tertiary/aromatic N) is 1. The molecule has 0 bridgehead atoms. The molecule has 0 aromatic heterocycles. The van der Waals surface area contributed by atoms with E-state index in [2.05, 4.69) is 20.3 Å². The van der Waals surface area contributed by atoms with Crippen molar-refractivity contribution in [1.82, 2.24) is 15.4 Å². The number of rotatable bonds is 4. The third-order valence-electron chi connectivity index (χ3n) is 2.61. The Morgan fingerprint density at radius 1 is 1.24 bits per heavy atom. The minimum Gasteiger partial charge on any atom is -0.359 e. The van der Waals surface area contributed by atoms with Gasteiger partial charge in [0.15, 0.2) is 5.96 Å². The van der Waals surface area contributed by atoms with Crippen LogP contribution in [0.2, 0.25) is 0 Å². The molecule has 0 unspecified atom stereocenters. The maximum absolute atomic E-state index is 12.5. The van der Waals surface area contributed by atoms with Gasteiger partial charge in [-0.2, -0.15) is 0 Å². The topological polar surface area (TPSA) is 82.6 Å². The second-order valence-corrected chi connectivity index (χ2v) is 7.29. The largest absolute Gasteiger partial charge is 0.359 e. The third kappa shape index (κ3) is 5.35. The Morgan fingerprint density at radius 2 is 1.86 bits per heavy atom. The van der Waals surface area contributed by atoms with Gasteiger partial charge < -0.3 is 10.6 Å². The third-order valence-corrected chi connectivity index (χ3v) is 4.47. The van der Waals surface area contributed by atoms with Crippen molar-refractivity contribution < 1.29 is 8.42 Å². The summed E-state index contributed by atoms with van der Waals surface area (Å²) in [5, 5.41) is 5.95. The molecule has 0 spiro atoms. The highest BCUT2D eigenvalue weighted by atomic mass is 32.2. The number of nitrogens with one attached hydrogen (secondary N) is 3. The molecule has 0 saturated carbocycles. The summed E-state index contributed by atoms with van der Waals surface area (Å²) in [6.07, 6.45) is 0. The second kappa shape index (κ2) is 6.91. The van der Waals surface area contributed by atoms with Crippen LogP contribution in [0.4, 0.5) is 0 Å². The van der Waals surface area contributed by atoms with Gasteiger partial charge in [-0.05, 0) is 32.4 Å². The molecule has 1 aromatic carbocycles. The molecular formula is C14H24N4O2S. The fourth-order valence-corrected chi connectivity index (χ4v) is 3.49. The highest BCUT2D eigenvalue weighted by Gasteiger charge is 2.24. The van der Waals surface area contributed by atoms with Crippen LogP contribution < -0.4 is 15.4 Å². The maximum Gasteiger partial charge on any atom is 0.241 e. The fraction of sp³-hybridized carbons (Fsp3) is 0.500. The average Bonchev–Trinajstić information content (AvgIpc) is 2.37. The first-order valence-corrected chi connectivity index (χ1v) is 8.18. The van der Waals surface area contributed by atoms with Gasteiger partial charge in [0, 0.05) is 26.2 Å². The van der Waals surface area contributed by atoms with E-state index in [1.807, 2.05) is 26.8 Å². The van der Waals surface area contributed by atoms with E-state index in [1.165, 1.54) is 0 Å². The van der Waals surface area contributed by atoms with E-state index < -0.39 is 15.6 Å². The second-order valence-electron chi connectivity index (χ2n) is 5.64. The molecule has 118 valence electrons. The summed E-state index contributed by atoms with van der Waals surface area (Å²) in [6, 6.07) is 6.92. The van der Waals surface area contributed by atoms with Crippen LogP contribution in [0.25, 0.3) is 0 Å². The number of hydrogen-bond acceptors (Lipinski definition) is 3. The number of aliphatic imine (C=N–C) groups is 1. The molecule has 0 aliphatic carbocycles. The Labute approximate surface area is 127 Å². The molecule has 0 aliphatic heterocycles. The zero-order chi connectivity index (χ0) is 16.1. The Hall–Kier alpha value is -1.60. The highest BCUT2D eigenvalue weighted by molar-refractivity contribution is 7.89. The van der Waals surface area contributed by atoms with E-state index in [4.69, 9.17) is 0 Å². The number of benzene rings is 1. The van der Waals surface area contributed by atoms with E-state index >= 15 is 0 Å². The summed E-state index contributed by atoms with van der Waals surface area (Å²) in [4.78, 5) is 4.28. The van der Waals surface area contributed by atoms with Crippen LogP contribution in [0, 0.1) is 0 Å². The first-order chi connectivity index (χ1) is 9.69. The van der Waals surface area contributed by atoms with Crippen molar-refractivity contribution in [2.45, 2.75) is 37.8 Å². The van der Waals surface area contributed by atoms with Gasteiger partial charge in [-0.1, -0.05) is 18.2 Å². The summed E-state index contributed by atoms with van der Waals surface area (Å²) < 4.78 is 27.6. The molecule has 7 heteroatoms. The van der Waals surface area contributed by atoms with Gasteiger partial charge in [0.25, 0.3) is 0 Å². The normalized spacial score (nSPS) is 13.1. The van der Waals surface area contributed by atoms with Crippen LogP contribution >= 0.6 is 0 Å². The van der Waals surface area contributed by atoms with E-state index in [0.717, 1.165) is 0 Å². The van der Waals surface area contributed by atoms with Gasteiger partial charge in [-0.15, -0.1) is 0 Å². The molecule has 6 nitrogen and oxygen atoms in total. The van der Waals surface area contributed by atoms with Gasteiger partial charge in [0.05, 0.1) is 4.90 Å². The molecule has 0 fully saturated rings. The molecule has 0 atom stereocenters. The van der Waals surface area contributed by atoms with E-state index in [0.29, 0.717) is 18.1 Å².